The van der Waals surface area contributed by atoms with Gasteiger partial charge in [-0.1, -0.05) is 0 Å². The predicted molar refractivity (Wildman–Crippen MR) is 50.2 cm³/mol. The molecule has 0 radical (unpaired) electrons. The van der Waals surface area contributed by atoms with Crippen molar-refractivity contribution in [2.75, 3.05) is 0 Å². The summed E-state index contributed by atoms with van der Waals surface area (Å²) in [6.07, 6.45) is 6.98. The van der Waals surface area contributed by atoms with Gasteiger partial charge >= 0.3 is 0 Å². The van der Waals surface area contributed by atoms with Gasteiger partial charge in [0.1, 0.15) is 0 Å². The number of hydrogen-bond acceptors (Lipinski definition) is 2. The molecule has 70 valence electrons. The largest absolute Gasteiger partial charge is 0.324 e. The third-order valence-corrected chi connectivity index (χ3v) is 3.20. The molecule has 0 aromatic carbocycles. The van der Waals surface area contributed by atoms with E-state index in [1.54, 1.807) is 0 Å². The van der Waals surface area contributed by atoms with Crippen molar-refractivity contribution >= 4 is 0 Å². The van der Waals surface area contributed by atoms with Crippen LogP contribution in [0.5, 0.6) is 0 Å². The SMILES string of the molecule is NC1CCc2c1cnn2CC1CC1. The molecule has 1 heterocycles. The van der Waals surface area contributed by atoms with E-state index in [0.717, 1.165) is 25.3 Å². The van der Waals surface area contributed by atoms with E-state index in [1.165, 1.54) is 24.1 Å². The van der Waals surface area contributed by atoms with Crippen molar-refractivity contribution in [3.8, 4) is 0 Å². The summed E-state index contributed by atoms with van der Waals surface area (Å²) in [6, 6.07) is 0.253. The molecule has 0 bridgehead atoms. The number of fused-ring (bicyclic) bond motifs is 1. The lowest BCUT2D eigenvalue weighted by atomic mass is 10.2. The zero-order chi connectivity index (χ0) is 8.84. The highest BCUT2D eigenvalue weighted by atomic mass is 15.3. The van der Waals surface area contributed by atoms with E-state index < -0.39 is 0 Å². The van der Waals surface area contributed by atoms with Crippen molar-refractivity contribution in [1.82, 2.24) is 9.78 Å². The molecule has 2 aliphatic rings. The van der Waals surface area contributed by atoms with Gasteiger partial charge in [-0.05, 0) is 31.6 Å². The monoisotopic (exact) mass is 177 g/mol. The normalized spacial score (nSPS) is 26.4. The molecule has 1 unspecified atom stereocenters. The zero-order valence-corrected chi connectivity index (χ0v) is 7.74. The lowest BCUT2D eigenvalue weighted by molar-refractivity contribution is 0.538. The van der Waals surface area contributed by atoms with Gasteiger partial charge in [-0.25, -0.2) is 0 Å². The van der Waals surface area contributed by atoms with E-state index in [-0.39, 0.29) is 6.04 Å². The van der Waals surface area contributed by atoms with Crippen molar-refractivity contribution in [2.45, 2.75) is 38.3 Å². The molecule has 1 aromatic heterocycles. The minimum Gasteiger partial charge on any atom is -0.324 e. The molecular weight excluding hydrogens is 162 g/mol. The highest BCUT2D eigenvalue weighted by molar-refractivity contribution is 5.26. The Labute approximate surface area is 77.9 Å². The summed E-state index contributed by atoms with van der Waals surface area (Å²) in [6.45, 7) is 1.13. The van der Waals surface area contributed by atoms with Crippen LogP contribution in [0.15, 0.2) is 6.20 Å². The Morgan fingerprint density at radius 3 is 3.08 bits per heavy atom. The summed E-state index contributed by atoms with van der Waals surface area (Å²) in [5, 5.41) is 4.41. The van der Waals surface area contributed by atoms with E-state index >= 15 is 0 Å². The lowest BCUT2D eigenvalue weighted by Gasteiger charge is -2.02. The number of hydrogen-bond donors (Lipinski definition) is 1. The fourth-order valence-electron chi connectivity index (χ4n) is 2.16. The van der Waals surface area contributed by atoms with Gasteiger partial charge in [-0.2, -0.15) is 5.10 Å². The van der Waals surface area contributed by atoms with Gasteiger partial charge in [0.25, 0.3) is 0 Å². The second kappa shape index (κ2) is 2.58. The van der Waals surface area contributed by atoms with Crippen molar-refractivity contribution < 1.29 is 0 Å². The van der Waals surface area contributed by atoms with Gasteiger partial charge < -0.3 is 5.73 Å². The van der Waals surface area contributed by atoms with Crippen LogP contribution in [0.1, 0.15) is 36.6 Å². The maximum Gasteiger partial charge on any atom is 0.0540 e. The Morgan fingerprint density at radius 1 is 1.46 bits per heavy atom. The standard InChI is InChI=1S/C10H15N3/c11-9-3-4-10-8(9)5-12-13(10)6-7-1-2-7/h5,7,9H,1-4,6,11H2. The van der Waals surface area contributed by atoms with E-state index in [0.29, 0.717) is 0 Å². The summed E-state index contributed by atoms with van der Waals surface area (Å²) >= 11 is 0. The molecule has 3 nitrogen and oxygen atoms in total. The van der Waals surface area contributed by atoms with Gasteiger partial charge in [0.2, 0.25) is 0 Å². The molecule has 0 saturated heterocycles. The van der Waals surface area contributed by atoms with Crippen molar-refractivity contribution in [1.29, 1.82) is 0 Å². The minimum atomic E-state index is 0.253. The predicted octanol–water partition coefficient (Wildman–Crippen LogP) is 1.24. The molecule has 0 spiro atoms. The van der Waals surface area contributed by atoms with Crippen molar-refractivity contribution in [3.05, 3.63) is 17.5 Å². The van der Waals surface area contributed by atoms with Gasteiger partial charge in [-0.3, -0.25) is 4.68 Å². The van der Waals surface area contributed by atoms with Crippen molar-refractivity contribution in [3.63, 3.8) is 0 Å². The summed E-state index contributed by atoms with van der Waals surface area (Å²) in [5.74, 6) is 0.904. The summed E-state index contributed by atoms with van der Waals surface area (Å²) in [5.41, 5.74) is 8.65. The maximum atomic E-state index is 5.95. The van der Waals surface area contributed by atoms with Crippen LogP contribution < -0.4 is 5.73 Å². The number of nitrogens with zero attached hydrogens (tertiary/aromatic N) is 2. The van der Waals surface area contributed by atoms with Gasteiger partial charge in [-0.15, -0.1) is 0 Å². The van der Waals surface area contributed by atoms with E-state index in [2.05, 4.69) is 9.78 Å². The summed E-state index contributed by atoms with van der Waals surface area (Å²) < 4.78 is 2.18. The number of rotatable bonds is 2. The molecule has 13 heavy (non-hydrogen) atoms. The average molecular weight is 177 g/mol. The van der Waals surface area contributed by atoms with Gasteiger partial charge in [0.05, 0.1) is 6.20 Å². The van der Waals surface area contributed by atoms with E-state index in [9.17, 15) is 0 Å². The van der Waals surface area contributed by atoms with Crippen LogP contribution in [0, 0.1) is 5.92 Å². The molecular formula is C10H15N3. The Kier molecular flexibility index (Phi) is 1.50. The fraction of sp³-hybridized carbons (Fsp3) is 0.700. The third-order valence-electron chi connectivity index (χ3n) is 3.20. The van der Waals surface area contributed by atoms with Crippen LogP contribution in [-0.2, 0) is 13.0 Å². The Balaban J connectivity index is 1.89. The second-order valence-electron chi connectivity index (χ2n) is 4.32. The van der Waals surface area contributed by atoms with Crippen LogP contribution in [0.3, 0.4) is 0 Å². The molecule has 3 heteroatoms. The molecule has 1 aromatic rings. The fourth-order valence-corrected chi connectivity index (χ4v) is 2.16. The zero-order valence-electron chi connectivity index (χ0n) is 7.74. The quantitative estimate of drug-likeness (QED) is 0.738. The lowest BCUT2D eigenvalue weighted by Crippen LogP contribution is -2.05. The first-order valence-electron chi connectivity index (χ1n) is 5.15. The van der Waals surface area contributed by atoms with Crippen LogP contribution in [0.4, 0.5) is 0 Å². The number of nitrogens with two attached hydrogens (primary N) is 1. The Hall–Kier alpha value is -0.830. The first-order valence-corrected chi connectivity index (χ1v) is 5.15. The van der Waals surface area contributed by atoms with E-state index in [1.807, 2.05) is 6.20 Å². The highest BCUT2D eigenvalue weighted by Crippen LogP contribution is 2.34. The molecule has 0 amide bonds. The third kappa shape index (κ3) is 1.18. The second-order valence-corrected chi connectivity index (χ2v) is 4.32. The van der Waals surface area contributed by atoms with Gasteiger partial charge in [0, 0.05) is 23.8 Å². The Morgan fingerprint density at radius 2 is 2.31 bits per heavy atom. The van der Waals surface area contributed by atoms with Crippen LogP contribution in [0.25, 0.3) is 0 Å². The maximum absolute atomic E-state index is 5.95. The van der Waals surface area contributed by atoms with Crippen molar-refractivity contribution in [2.24, 2.45) is 11.7 Å². The Bertz CT molecular complexity index is 325. The smallest absolute Gasteiger partial charge is 0.0540 e. The average Bonchev–Trinajstić information content (AvgIpc) is 2.72. The topological polar surface area (TPSA) is 43.8 Å². The van der Waals surface area contributed by atoms with Crippen LogP contribution in [-0.4, -0.2) is 9.78 Å². The summed E-state index contributed by atoms with van der Waals surface area (Å²) in [7, 11) is 0. The molecule has 1 fully saturated rings. The molecule has 1 saturated carbocycles. The number of aromatic nitrogens is 2. The molecule has 3 rings (SSSR count). The van der Waals surface area contributed by atoms with Crippen LogP contribution in [0.2, 0.25) is 0 Å². The van der Waals surface area contributed by atoms with Crippen LogP contribution >= 0.6 is 0 Å². The molecule has 2 N–H and O–H groups in total. The molecule has 0 aliphatic heterocycles. The first-order chi connectivity index (χ1) is 6.34. The highest BCUT2D eigenvalue weighted by Gasteiger charge is 2.27. The molecule has 2 aliphatic carbocycles. The van der Waals surface area contributed by atoms with Gasteiger partial charge in [0.15, 0.2) is 0 Å². The first kappa shape index (κ1) is 7.56. The minimum absolute atomic E-state index is 0.253. The summed E-state index contributed by atoms with van der Waals surface area (Å²) in [4.78, 5) is 0. The molecule has 1 atom stereocenters. The van der Waals surface area contributed by atoms with E-state index in [4.69, 9.17) is 5.73 Å².